The van der Waals surface area contributed by atoms with Crippen molar-refractivity contribution in [3.05, 3.63) is 65.7 Å². The molecule has 1 heterocycles. The van der Waals surface area contributed by atoms with Crippen molar-refractivity contribution >= 4 is 22.6 Å². The van der Waals surface area contributed by atoms with E-state index < -0.39 is 0 Å². The molecule has 0 bridgehead atoms. The van der Waals surface area contributed by atoms with E-state index in [1.165, 1.54) is 12.1 Å². The van der Waals surface area contributed by atoms with Crippen LogP contribution in [0.25, 0.3) is 11.0 Å². The van der Waals surface area contributed by atoms with Gasteiger partial charge in [-0.1, -0.05) is 12.1 Å². The Morgan fingerprint density at radius 1 is 1.19 bits per heavy atom. The van der Waals surface area contributed by atoms with Crippen LogP contribution in [0.1, 0.15) is 16.1 Å². The fraction of sp³-hybridized carbons (Fsp3) is 0.0625. The minimum Gasteiger partial charge on any atom is -0.451 e. The summed E-state index contributed by atoms with van der Waals surface area (Å²) in [5.41, 5.74) is 7.57. The van der Waals surface area contributed by atoms with Gasteiger partial charge in [0.1, 0.15) is 11.4 Å². The number of rotatable bonds is 3. The lowest BCUT2D eigenvalue weighted by Gasteiger charge is -2.03. The van der Waals surface area contributed by atoms with E-state index >= 15 is 0 Å². The minimum atomic E-state index is -0.353. The molecule has 2 aromatic carbocycles. The van der Waals surface area contributed by atoms with E-state index in [2.05, 4.69) is 5.32 Å². The van der Waals surface area contributed by atoms with Gasteiger partial charge in [0.25, 0.3) is 5.91 Å². The van der Waals surface area contributed by atoms with Gasteiger partial charge >= 0.3 is 0 Å². The molecule has 0 aliphatic rings. The summed E-state index contributed by atoms with van der Waals surface area (Å²) in [5, 5.41) is 3.46. The molecule has 106 valence electrons. The number of carbonyl (C=O) groups excluding carboxylic acids is 1. The lowest BCUT2D eigenvalue weighted by molar-refractivity contribution is 0.0925. The summed E-state index contributed by atoms with van der Waals surface area (Å²) in [6.07, 6.45) is 0. The van der Waals surface area contributed by atoms with E-state index in [4.69, 9.17) is 10.2 Å². The summed E-state index contributed by atoms with van der Waals surface area (Å²) >= 11 is 0. The normalized spacial score (nSPS) is 10.7. The smallest absolute Gasteiger partial charge is 0.287 e. The second-order valence-electron chi connectivity index (χ2n) is 4.72. The van der Waals surface area contributed by atoms with Crippen molar-refractivity contribution < 1.29 is 13.6 Å². The third-order valence-electron chi connectivity index (χ3n) is 3.11. The summed E-state index contributed by atoms with van der Waals surface area (Å²) < 4.78 is 18.5. The van der Waals surface area contributed by atoms with E-state index in [0.717, 1.165) is 5.39 Å². The molecule has 0 aliphatic heterocycles. The van der Waals surface area contributed by atoms with Crippen LogP contribution in [0, 0.1) is 5.82 Å². The molecule has 1 aromatic heterocycles. The molecule has 1 amide bonds. The largest absolute Gasteiger partial charge is 0.451 e. The third-order valence-corrected chi connectivity index (χ3v) is 3.11. The van der Waals surface area contributed by atoms with Gasteiger partial charge < -0.3 is 15.5 Å². The Morgan fingerprint density at radius 3 is 2.86 bits per heavy atom. The van der Waals surface area contributed by atoms with Crippen LogP contribution >= 0.6 is 0 Å². The molecule has 0 spiro atoms. The number of hydrogen-bond acceptors (Lipinski definition) is 3. The van der Waals surface area contributed by atoms with Crippen LogP contribution in [0.5, 0.6) is 0 Å². The molecular weight excluding hydrogens is 271 g/mol. The molecule has 0 fully saturated rings. The minimum absolute atomic E-state index is 0.201. The molecule has 0 unspecified atom stereocenters. The highest BCUT2D eigenvalue weighted by molar-refractivity contribution is 5.96. The zero-order valence-corrected chi connectivity index (χ0v) is 11.1. The van der Waals surface area contributed by atoms with Gasteiger partial charge in [-0.15, -0.1) is 0 Å². The first-order valence-electron chi connectivity index (χ1n) is 6.43. The Kier molecular flexibility index (Phi) is 3.31. The Bertz CT molecular complexity index is 811. The zero-order chi connectivity index (χ0) is 14.8. The number of nitrogens with two attached hydrogens (primary N) is 1. The van der Waals surface area contributed by atoms with Gasteiger partial charge in [0.05, 0.1) is 0 Å². The average Bonchev–Trinajstić information content (AvgIpc) is 2.88. The summed E-state index contributed by atoms with van der Waals surface area (Å²) in [6, 6.07) is 12.9. The number of nitrogen functional groups attached to an aromatic ring is 1. The Labute approximate surface area is 120 Å². The summed E-state index contributed by atoms with van der Waals surface area (Å²) in [7, 11) is 0. The van der Waals surface area contributed by atoms with Gasteiger partial charge in [-0.05, 0) is 42.0 Å². The van der Waals surface area contributed by atoms with Crippen molar-refractivity contribution in [1.29, 1.82) is 0 Å². The molecule has 5 heteroatoms. The fourth-order valence-corrected chi connectivity index (χ4v) is 2.09. The molecule has 4 nitrogen and oxygen atoms in total. The molecule has 21 heavy (non-hydrogen) atoms. The summed E-state index contributed by atoms with van der Waals surface area (Å²) in [5.74, 6) is -0.484. The van der Waals surface area contributed by atoms with E-state index in [9.17, 15) is 9.18 Å². The lowest BCUT2D eigenvalue weighted by atomic mass is 10.2. The second kappa shape index (κ2) is 5.28. The number of halogens is 1. The van der Waals surface area contributed by atoms with Crippen LogP contribution in [0.15, 0.2) is 52.9 Å². The van der Waals surface area contributed by atoms with E-state index in [0.29, 0.717) is 16.8 Å². The highest BCUT2D eigenvalue weighted by Gasteiger charge is 2.12. The maximum atomic E-state index is 13.0. The number of benzene rings is 2. The van der Waals surface area contributed by atoms with Gasteiger partial charge in [-0.25, -0.2) is 4.39 Å². The summed E-state index contributed by atoms with van der Waals surface area (Å²) in [4.78, 5) is 12.0. The third kappa shape index (κ3) is 2.86. The molecule has 0 saturated heterocycles. The number of carbonyl (C=O) groups is 1. The van der Waals surface area contributed by atoms with Crippen molar-refractivity contribution in [2.45, 2.75) is 6.54 Å². The van der Waals surface area contributed by atoms with Crippen molar-refractivity contribution in [2.75, 3.05) is 5.73 Å². The SMILES string of the molecule is Nc1ccc2oc(C(=O)NCc3cccc(F)c3)cc2c1. The monoisotopic (exact) mass is 284 g/mol. The lowest BCUT2D eigenvalue weighted by Crippen LogP contribution is -2.22. The van der Waals surface area contributed by atoms with Gasteiger partial charge in [0, 0.05) is 17.6 Å². The number of fused-ring (bicyclic) bond motifs is 1. The molecule has 3 rings (SSSR count). The van der Waals surface area contributed by atoms with Crippen LogP contribution in [0.3, 0.4) is 0 Å². The first-order valence-corrected chi connectivity index (χ1v) is 6.43. The van der Waals surface area contributed by atoms with Gasteiger partial charge in [-0.2, -0.15) is 0 Å². The van der Waals surface area contributed by atoms with Gasteiger partial charge in [0.15, 0.2) is 5.76 Å². The van der Waals surface area contributed by atoms with Crippen LogP contribution in [-0.4, -0.2) is 5.91 Å². The maximum Gasteiger partial charge on any atom is 0.287 e. The topological polar surface area (TPSA) is 68.3 Å². The van der Waals surface area contributed by atoms with Crippen LogP contribution in [0.4, 0.5) is 10.1 Å². The number of amides is 1. The van der Waals surface area contributed by atoms with E-state index in [-0.39, 0.29) is 24.0 Å². The van der Waals surface area contributed by atoms with Crippen molar-refractivity contribution in [3.63, 3.8) is 0 Å². The Hall–Kier alpha value is -2.82. The second-order valence-corrected chi connectivity index (χ2v) is 4.72. The standard InChI is InChI=1S/C16H13FN2O2/c17-12-3-1-2-10(6-12)9-19-16(20)15-8-11-7-13(18)4-5-14(11)21-15/h1-8H,9,18H2,(H,19,20). The highest BCUT2D eigenvalue weighted by atomic mass is 19.1. The van der Waals surface area contributed by atoms with Crippen LogP contribution in [-0.2, 0) is 6.54 Å². The number of anilines is 1. The van der Waals surface area contributed by atoms with Crippen LogP contribution < -0.4 is 11.1 Å². The van der Waals surface area contributed by atoms with E-state index in [1.54, 1.807) is 36.4 Å². The van der Waals surface area contributed by atoms with Gasteiger partial charge in [-0.3, -0.25) is 4.79 Å². The van der Waals surface area contributed by atoms with Crippen molar-refractivity contribution in [2.24, 2.45) is 0 Å². The number of furan rings is 1. The average molecular weight is 284 g/mol. The molecule has 3 aromatic rings. The van der Waals surface area contributed by atoms with Crippen molar-refractivity contribution in [3.8, 4) is 0 Å². The zero-order valence-electron chi connectivity index (χ0n) is 11.1. The maximum absolute atomic E-state index is 13.0. The van der Waals surface area contributed by atoms with Gasteiger partial charge in [0.2, 0.25) is 0 Å². The van der Waals surface area contributed by atoms with Crippen LogP contribution in [0.2, 0.25) is 0 Å². The molecular formula is C16H13FN2O2. The predicted molar refractivity (Wildman–Crippen MR) is 78.2 cm³/mol. The Balaban J connectivity index is 1.74. The Morgan fingerprint density at radius 2 is 2.05 bits per heavy atom. The predicted octanol–water partition coefficient (Wildman–Crippen LogP) is 3.08. The molecule has 0 atom stereocenters. The molecule has 3 N–H and O–H groups in total. The number of hydrogen-bond donors (Lipinski definition) is 2. The molecule has 0 saturated carbocycles. The molecule has 0 aliphatic carbocycles. The highest BCUT2D eigenvalue weighted by Crippen LogP contribution is 2.21. The quantitative estimate of drug-likeness (QED) is 0.726. The fourth-order valence-electron chi connectivity index (χ4n) is 2.09. The first-order chi connectivity index (χ1) is 10.1. The number of nitrogens with one attached hydrogen (secondary N) is 1. The van der Waals surface area contributed by atoms with Crippen molar-refractivity contribution in [1.82, 2.24) is 5.32 Å². The first kappa shape index (κ1) is 13.2. The van der Waals surface area contributed by atoms with E-state index in [1.807, 2.05) is 0 Å². The summed E-state index contributed by atoms with van der Waals surface area (Å²) in [6.45, 7) is 0.232. The molecule has 0 radical (unpaired) electrons.